The maximum Gasteiger partial charge on any atom is 0.275 e. The van der Waals surface area contributed by atoms with E-state index in [0.717, 1.165) is 4.47 Å². The molecule has 5 nitrogen and oxygen atoms in total. The van der Waals surface area contributed by atoms with Crippen molar-refractivity contribution in [1.29, 1.82) is 0 Å². The summed E-state index contributed by atoms with van der Waals surface area (Å²) >= 11 is 3.31. The Morgan fingerprint density at radius 3 is 3.00 bits per heavy atom. The van der Waals surface area contributed by atoms with E-state index in [0.29, 0.717) is 11.5 Å². The van der Waals surface area contributed by atoms with Crippen LogP contribution in [-0.4, -0.2) is 20.4 Å². The molecule has 0 bridgehead atoms. The molecular weight excluding hydrogens is 272 g/mol. The molecule has 0 aromatic carbocycles. The van der Waals surface area contributed by atoms with Gasteiger partial charge in [0.15, 0.2) is 0 Å². The van der Waals surface area contributed by atoms with Crippen LogP contribution in [0.5, 0.6) is 0 Å². The van der Waals surface area contributed by atoms with E-state index in [2.05, 4.69) is 31.2 Å². The number of aromatic nitrogens is 3. The predicted octanol–water partition coefficient (Wildman–Crippen LogP) is 1.83. The molecule has 2 heterocycles. The van der Waals surface area contributed by atoms with Gasteiger partial charge in [0.25, 0.3) is 5.91 Å². The van der Waals surface area contributed by atoms with Crippen LogP contribution in [0, 0.1) is 0 Å². The van der Waals surface area contributed by atoms with Gasteiger partial charge in [-0.2, -0.15) is 0 Å². The second kappa shape index (κ2) is 4.44. The number of halogens is 1. The van der Waals surface area contributed by atoms with Gasteiger partial charge in [0, 0.05) is 13.2 Å². The fraction of sp³-hybridized carbons (Fsp3) is 0.100. The molecule has 0 atom stereocenters. The molecule has 16 heavy (non-hydrogen) atoms. The first-order valence-electron chi connectivity index (χ1n) is 4.56. The number of hydrogen-bond acceptors (Lipinski definition) is 3. The number of rotatable bonds is 2. The monoisotopic (exact) mass is 280 g/mol. The minimum Gasteiger partial charge on any atom is -0.330 e. The van der Waals surface area contributed by atoms with Crippen LogP contribution in [-0.2, 0) is 7.05 Å². The molecule has 2 rings (SSSR count). The second-order valence-corrected chi connectivity index (χ2v) is 4.03. The van der Waals surface area contributed by atoms with E-state index in [9.17, 15) is 4.79 Å². The van der Waals surface area contributed by atoms with Crippen LogP contribution in [0.2, 0.25) is 0 Å². The molecule has 1 N–H and O–H groups in total. The van der Waals surface area contributed by atoms with E-state index in [-0.39, 0.29) is 5.91 Å². The van der Waals surface area contributed by atoms with Gasteiger partial charge in [0.05, 0.1) is 17.0 Å². The van der Waals surface area contributed by atoms with Crippen molar-refractivity contribution in [2.45, 2.75) is 0 Å². The normalized spacial score (nSPS) is 10.1. The number of nitrogens with one attached hydrogen (secondary N) is 1. The highest BCUT2D eigenvalue weighted by molar-refractivity contribution is 9.10. The van der Waals surface area contributed by atoms with Crippen molar-refractivity contribution in [2.24, 2.45) is 7.05 Å². The molecule has 0 saturated heterocycles. The first-order chi connectivity index (χ1) is 7.68. The summed E-state index contributed by atoms with van der Waals surface area (Å²) in [6.45, 7) is 0. The Kier molecular flexibility index (Phi) is 3.00. The first-order valence-corrected chi connectivity index (χ1v) is 5.36. The van der Waals surface area contributed by atoms with E-state index < -0.39 is 0 Å². The lowest BCUT2D eigenvalue weighted by atomic mass is 10.4. The zero-order chi connectivity index (χ0) is 11.5. The second-order valence-electron chi connectivity index (χ2n) is 3.18. The highest BCUT2D eigenvalue weighted by Crippen LogP contribution is 2.18. The summed E-state index contributed by atoms with van der Waals surface area (Å²) in [4.78, 5) is 19.7. The van der Waals surface area contributed by atoms with E-state index >= 15 is 0 Å². The van der Waals surface area contributed by atoms with Crippen LogP contribution in [0.15, 0.2) is 35.3 Å². The van der Waals surface area contributed by atoms with Crippen molar-refractivity contribution in [3.63, 3.8) is 0 Å². The highest BCUT2D eigenvalue weighted by atomic mass is 79.9. The molecule has 0 aliphatic carbocycles. The number of anilines is 1. The summed E-state index contributed by atoms with van der Waals surface area (Å²) in [6.07, 6.45) is 4.69. The van der Waals surface area contributed by atoms with Gasteiger partial charge in [-0.05, 0) is 28.1 Å². The zero-order valence-corrected chi connectivity index (χ0v) is 10.1. The fourth-order valence-corrected chi connectivity index (χ4v) is 1.58. The van der Waals surface area contributed by atoms with Gasteiger partial charge < -0.3 is 9.88 Å². The van der Waals surface area contributed by atoms with Crippen LogP contribution >= 0.6 is 15.9 Å². The number of aryl methyl sites for hydroxylation is 1. The van der Waals surface area contributed by atoms with Gasteiger partial charge in [-0.15, -0.1) is 0 Å². The molecule has 0 aliphatic rings. The molecule has 82 valence electrons. The third kappa shape index (κ3) is 2.11. The van der Waals surface area contributed by atoms with Gasteiger partial charge in [0.1, 0.15) is 11.5 Å². The molecule has 0 spiro atoms. The van der Waals surface area contributed by atoms with E-state index in [1.54, 1.807) is 30.2 Å². The van der Waals surface area contributed by atoms with Gasteiger partial charge >= 0.3 is 0 Å². The van der Waals surface area contributed by atoms with Crippen molar-refractivity contribution in [2.75, 3.05) is 5.32 Å². The Balaban J connectivity index is 2.21. The van der Waals surface area contributed by atoms with Crippen molar-refractivity contribution in [1.82, 2.24) is 14.5 Å². The molecule has 1 amide bonds. The molecule has 0 fully saturated rings. The first kappa shape index (κ1) is 10.8. The summed E-state index contributed by atoms with van der Waals surface area (Å²) in [5, 5.41) is 2.70. The van der Waals surface area contributed by atoms with E-state index in [1.165, 1.54) is 6.20 Å². The van der Waals surface area contributed by atoms with Gasteiger partial charge in [0.2, 0.25) is 0 Å². The SMILES string of the molecule is Cn1cncc1C(=O)Nc1ncccc1Br. The van der Waals surface area contributed by atoms with Crippen molar-refractivity contribution in [3.05, 3.63) is 41.0 Å². The van der Waals surface area contributed by atoms with Crippen molar-refractivity contribution < 1.29 is 4.79 Å². The smallest absolute Gasteiger partial charge is 0.275 e. The summed E-state index contributed by atoms with van der Waals surface area (Å²) in [7, 11) is 1.76. The Morgan fingerprint density at radius 2 is 2.38 bits per heavy atom. The molecule has 0 unspecified atom stereocenters. The Morgan fingerprint density at radius 1 is 1.56 bits per heavy atom. The number of pyridine rings is 1. The zero-order valence-electron chi connectivity index (χ0n) is 8.51. The van der Waals surface area contributed by atoms with Gasteiger partial charge in [-0.1, -0.05) is 0 Å². The van der Waals surface area contributed by atoms with Crippen LogP contribution in [0.1, 0.15) is 10.5 Å². The quantitative estimate of drug-likeness (QED) is 0.913. The van der Waals surface area contributed by atoms with Gasteiger partial charge in [-0.25, -0.2) is 9.97 Å². The largest absolute Gasteiger partial charge is 0.330 e. The highest BCUT2D eigenvalue weighted by Gasteiger charge is 2.11. The van der Waals surface area contributed by atoms with Crippen molar-refractivity contribution in [3.8, 4) is 0 Å². The average molecular weight is 281 g/mol. The third-order valence-electron chi connectivity index (χ3n) is 2.04. The predicted molar refractivity (Wildman–Crippen MR) is 63.1 cm³/mol. The van der Waals surface area contributed by atoms with Crippen LogP contribution in [0.3, 0.4) is 0 Å². The lowest BCUT2D eigenvalue weighted by molar-refractivity contribution is 0.101. The molecular formula is C10H9BrN4O. The maximum absolute atomic E-state index is 11.8. The van der Waals surface area contributed by atoms with Crippen LogP contribution < -0.4 is 5.32 Å². The van der Waals surface area contributed by atoms with Crippen LogP contribution in [0.4, 0.5) is 5.82 Å². The van der Waals surface area contributed by atoms with E-state index in [4.69, 9.17) is 0 Å². The Labute approximate surface area is 101 Å². The maximum atomic E-state index is 11.8. The molecule has 0 radical (unpaired) electrons. The number of carbonyl (C=O) groups is 1. The lowest BCUT2D eigenvalue weighted by Gasteiger charge is -2.05. The van der Waals surface area contributed by atoms with E-state index in [1.807, 2.05) is 6.07 Å². The van der Waals surface area contributed by atoms with Crippen LogP contribution in [0.25, 0.3) is 0 Å². The fourth-order valence-electron chi connectivity index (χ4n) is 1.23. The lowest BCUT2D eigenvalue weighted by Crippen LogP contribution is -2.16. The average Bonchev–Trinajstić information content (AvgIpc) is 2.68. The third-order valence-corrected chi connectivity index (χ3v) is 2.68. The summed E-state index contributed by atoms with van der Waals surface area (Å²) in [6, 6.07) is 3.59. The molecule has 2 aromatic heterocycles. The number of nitrogens with zero attached hydrogens (tertiary/aromatic N) is 3. The molecule has 0 saturated carbocycles. The molecule has 6 heteroatoms. The number of carbonyl (C=O) groups excluding carboxylic acids is 1. The minimum absolute atomic E-state index is 0.237. The summed E-state index contributed by atoms with van der Waals surface area (Å²) in [5.74, 6) is 0.258. The summed E-state index contributed by atoms with van der Waals surface area (Å²) in [5.41, 5.74) is 0.484. The Bertz CT molecular complexity index is 523. The van der Waals surface area contributed by atoms with Gasteiger partial charge in [-0.3, -0.25) is 4.79 Å². The standard InChI is InChI=1S/C10H9BrN4O/c1-15-6-12-5-8(15)10(16)14-9-7(11)3-2-4-13-9/h2-6H,1H3,(H,13,14,16). The summed E-state index contributed by atoms with van der Waals surface area (Å²) < 4.78 is 2.39. The number of amides is 1. The topological polar surface area (TPSA) is 59.8 Å². The molecule has 0 aliphatic heterocycles. The number of hydrogen-bond donors (Lipinski definition) is 1. The number of imidazole rings is 1. The Hall–Kier alpha value is -1.69. The minimum atomic E-state index is -0.237. The van der Waals surface area contributed by atoms with Crippen molar-refractivity contribution >= 4 is 27.7 Å². The molecule has 2 aromatic rings.